The van der Waals surface area contributed by atoms with Crippen molar-refractivity contribution in [3.05, 3.63) is 94.1 Å². The van der Waals surface area contributed by atoms with Crippen molar-refractivity contribution >= 4 is 40.1 Å². The number of hydrogen-bond acceptors (Lipinski definition) is 2. The van der Waals surface area contributed by atoms with Gasteiger partial charge in [0, 0.05) is 34.7 Å². The largest absolute Gasteiger partial charge is 0.481 e. The number of ether oxygens (including phenoxy) is 1. The Morgan fingerprint density at radius 3 is 2.52 bits per heavy atom. The maximum Gasteiger partial charge on any atom is 0.307 e. The zero-order chi connectivity index (χ0) is 20.4. The molecule has 0 spiro atoms. The van der Waals surface area contributed by atoms with Gasteiger partial charge in [0.1, 0.15) is 11.5 Å². The zero-order valence-electron chi connectivity index (χ0n) is 15.3. The molecule has 4 nitrogen and oxygen atoms in total. The predicted molar refractivity (Wildman–Crippen MR) is 115 cm³/mol. The molecule has 0 aliphatic rings. The minimum absolute atomic E-state index is 0.000680. The van der Waals surface area contributed by atoms with E-state index in [0.717, 1.165) is 22.0 Å². The summed E-state index contributed by atoms with van der Waals surface area (Å²) in [7, 11) is 0. The first-order chi connectivity index (χ1) is 14.0. The summed E-state index contributed by atoms with van der Waals surface area (Å²) >= 11 is 12.2. The summed E-state index contributed by atoms with van der Waals surface area (Å²) in [6, 6.07) is 20.6. The minimum Gasteiger partial charge on any atom is -0.481 e. The smallest absolute Gasteiger partial charge is 0.307 e. The highest BCUT2D eigenvalue weighted by molar-refractivity contribution is 6.34. The van der Waals surface area contributed by atoms with Crippen LogP contribution in [0.25, 0.3) is 10.9 Å². The van der Waals surface area contributed by atoms with Crippen molar-refractivity contribution in [1.82, 2.24) is 4.57 Å². The molecule has 29 heavy (non-hydrogen) atoms. The summed E-state index contributed by atoms with van der Waals surface area (Å²) in [5.74, 6) is 0.317. The van der Waals surface area contributed by atoms with Crippen LogP contribution in [0.15, 0.2) is 72.9 Å². The van der Waals surface area contributed by atoms with E-state index in [4.69, 9.17) is 27.9 Å². The van der Waals surface area contributed by atoms with Gasteiger partial charge in [-0.1, -0.05) is 53.5 Å². The molecule has 3 aromatic carbocycles. The molecule has 0 aliphatic heterocycles. The van der Waals surface area contributed by atoms with Crippen LogP contribution in [0, 0.1) is 0 Å². The number of halogens is 2. The van der Waals surface area contributed by atoms with Crippen molar-refractivity contribution < 1.29 is 14.6 Å². The number of carbonyl (C=O) groups is 1. The van der Waals surface area contributed by atoms with E-state index in [0.29, 0.717) is 28.1 Å². The molecular formula is C23H17Cl2NO3. The van der Waals surface area contributed by atoms with Crippen molar-refractivity contribution in [2.75, 3.05) is 0 Å². The molecule has 1 heterocycles. The Morgan fingerprint density at radius 2 is 1.76 bits per heavy atom. The second kappa shape index (κ2) is 8.19. The molecular weight excluding hydrogens is 409 g/mol. The highest BCUT2D eigenvalue weighted by atomic mass is 35.5. The number of carboxylic acids is 1. The lowest BCUT2D eigenvalue weighted by Crippen LogP contribution is -2.00. The van der Waals surface area contributed by atoms with E-state index in [-0.39, 0.29) is 6.42 Å². The molecule has 6 heteroatoms. The van der Waals surface area contributed by atoms with Crippen LogP contribution < -0.4 is 4.74 Å². The molecule has 146 valence electrons. The molecule has 0 saturated carbocycles. The molecule has 4 rings (SSSR count). The highest BCUT2D eigenvalue weighted by Crippen LogP contribution is 2.32. The SMILES string of the molecule is O=C(O)Cc1cn(Cc2ccc(Oc3cc(Cl)ccc3Cl)cc2)c2ccccc12. The average Bonchev–Trinajstić information content (AvgIpc) is 3.03. The molecule has 4 aromatic rings. The van der Waals surface area contributed by atoms with Crippen LogP contribution in [-0.2, 0) is 17.8 Å². The maximum atomic E-state index is 11.2. The number of benzene rings is 3. The number of carboxylic acid groups (broad SMARTS) is 1. The van der Waals surface area contributed by atoms with Gasteiger partial charge in [-0.15, -0.1) is 0 Å². The number of aromatic nitrogens is 1. The molecule has 0 aliphatic carbocycles. The third kappa shape index (κ3) is 4.39. The van der Waals surface area contributed by atoms with E-state index in [1.165, 1.54) is 0 Å². The van der Waals surface area contributed by atoms with E-state index in [1.807, 2.05) is 54.7 Å². The fourth-order valence-corrected chi connectivity index (χ4v) is 3.62. The lowest BCUT2D eigenvalue weighted by molar-refractivity contribution is -0.136. The highest BCUT2D eigenvalue weighted by Gasteiger charge is 2.11. The fraction of sp³-hybridized carbons (Fsp3) is 0.0870. The molecule has 0 amide bonds. The second-order valence-electron chi connectivity index (χ2n) is 6.69. The van der Waals surface area contributed by atoms with Gasteiger partial charge in [-0.25, -0.2) is 0 Å². The van der Waals surface area contributed by atoms with E-state index >= 15 is 0 Å². The van der Waals surface area contributed by atoms with Crippen LogP contribution in [0.1, 0.15) is 11.1 Å². The summed E-state index contributed by atoms with van der Waals surface area (Å²) in [4.78, 5) is 11.2. The van der Waals surface area contributed by atoms with Crippen LogP contribution >= 0.6 is 23.2 Å². The zero-order valence-corrected chi connectivity index (χ0v) is 16.8. The molecule has 0 radical (unpaired) electrons. The quantitative estimate of drug-likeness (QED) is 0.387. The van der Waals surface area contributed by atoms with Crippen LogP contribution in [-0.4, -0.2) is 15.6 Å². The van der Waals surface area contributed by atoms with Crippen LogP contribution in [0.2, 0.25) is 10.0 Å². The Labute approximate surface area is 177 Å². The number of nitrogens with zero attached hydrogens (tertiary/aromatic N) is 1. The molecule has 1 N–H and O–H groups in total. The predicted octanol–water partition coefficient (Wildman–Crippen LogP) is 6.42. The third-order valence-corrected chi connectivity index (χ3v) is 5.16. The first-order valence-corrected chi connectivity index (χ1v) is 9.75. The van der Waals surface area contributed by atoms with E-state index in [9.17, 15) is 9.90 Å². The number of fused-ring (bicyclic) bond motifs is 1. The van der Waals surface area contributed by atoms with Gasteiger partial charge in [0.25, 0.3) is 0 Å². The van der Waals surface area contributed by atoms with Crippen molar-refractivity contribution in [3.63, 3.8) is 0 Å². The molecule has 0 saturated heterocycles. The number of hydrogen-bond donors (Lipinski definition) is 1. The monoisotopic (exact) mass is 425 g/mol. The Balaban J connectivity index is 1.56. The third-order valence-electron chi connectivity index (χ3n) is 4.61. The van der Waals surface area contributed by atoms with Gasteiger partial charge in [0.05, 0.1) is 11.4 Å². The van der Waals surface area contributed by atoms with Gasteiger partial charge in [-0.2, -0.15) is 0 Å². The Kier molecular flexibility index (Phi) is 5.47. The van der Waals surface area contributed by atoms with Crippen LogP contribution in [0.5, 0.6) is 11.5 Å². The number of para-hydroxylation sites is 1. The Hall–Kier alpha value is -2.95. The van der Waals surface area contributed by atoms with Gasteiger partial charge >= 0.3 is 5.97 Å². The van der Waals surface area contributed by atoms with Gasteiger partial charge in [0.15, 0.2) is 0 Å². The Bertz CT molecular complexity index is 1180. The van der Waals surface area contributed by atoms with Gasteiger partial charge in [0.2, 0.25) is 0 Å². The van der Waals surface area contributed by atoms with Crippen molar-refractivity contribution in [1.29, 1.82) is 0 Å². The molecule has 0 atom stereocenters. The summed E-state index contributed by atoms with van der Waals surface area (Å²) < 4.78 is 7.89. The van der Waals surface area contributed by atoms with E-state index in [1.54, 1.807) is 18.2 Å². The summed E-state index contributed by atoms with van der Waals surface area (Å²) in [5.41, 5.74) is 2.88. The molecule has 1 aromatic heterocycles. The van der Waals surface area contributed by atoms with Crippen molar-refractivity contribution in [2.45, 2.75) is 13.0 Å². The first-order valence-electron chi connectivity index (χ1n) is 9.00. The Morgan fingerprint density at radius 1 is 1.00 bits per heavy atom. The lowest BCUT2D eigenvalue weighted by Gasteiger charge is -2.10. The van der Waals surface area contributed by atoms with Crippen LogP contribution in [0.4, 0.5) is 0 Å². The summed E-state index contributed by atoms with van der Waals surface area (Å²) in [5, 5.41) is 11.2. The van der Waals surface area contributed by atoms with Gasteiger partial charge in [-0.3, -0.25) is 4.79 Å². The van der Waals surface area contributed by atoms with Gasteiger partial charge in [-0.05, 0) is 41.5 Å². The first kappa shape index (κ1) is 19.4. The maximum absolute atomic E-state index is 11.2. The number of rotatable bonds is 6. The summed E-state index contributed by atoms with van der Waals surface area (Å²) in [6.45, 7) is 0.623. The van der Waals surface area contributed by atoms with Crippen molar-refractivity contribution in [2.24, 2.45) is 0 Å². The molecule has 0 bridgehead atoms. The average molecular weight is 426 g/mol. The standard InChI is InChI=1S/C23H17Cl2NO3/c24-17-7-10-20(25)22(12-17)29-18-8-5-15(6-9-18)13-26-14-16(11-23(27)28)19-3-1-2-4-21(19)26/h1-10,12,14H,11,13H2,(H,27,28). The fourth-order valence-electron chi connectivity index (χ4n) is 3.30. The minimum atomic E-state index is -0.839. The topological polar surface area (TPSA) is 51.5 Å². The molecule has 0 fully saturated rings. The van der Waals surface area contributed by atoms with E-state index < -0.39 is 5.97 Å². The van der Waals surface area contributed by atoms with Crippen molar-refractivity contribution in [3.8, 4) is 11.5 Å². The normalized spacial score (nSPS) is 11.0. The summed E-state index contributed by atoms with van der Waals surface area (Å²) in [6.07, 6.45) is 1.91. The van der Waals surface area contributed by atoms with Gasteiger partial charge < -0.3 is 14.4 Å². The lowest BCUT2D eigenvalue weighted by atomic mass is 10.1. The van der Waals surface area contributed by atoms with E-state index in [2.05, 4.69) is 4.57 Å². The second-order valence-corrected chi connectivity index (χ2v) is 7.53. The van der Waals surface area contributed by atoms with Crippen LogP contribution in [0.3, 0.4) is 0 Å². The molecule has 0 unspecified atom stereocenters. The number of aliphatic carboxylic acids is 1.